The zero-order valence-electron chi connectivity index (χ0n) is 16.1. The van der Waals surface area contributed by atoms with Gasteiger partial charge in [0.25, 0.3) is 5.91 Å². The molecule has 1 saturated carbocycles. The second kappa shape index (κ2) is 6.16. The van der Waals surface area contributed by atoms with E-state index in [-0.39, 0.29) is 22.8 Å². The normalized spacial score (nSPS) is 21.5. The van der Waals surface area contributed by atoms with Gasteiger partial charge >= 0.3 is 0 Å². The van der Waals surface area contributed by atoms with Crippen molar-refractivity contribution >= 4 is 28.8 Å². The number of nitrogens with two attached hydrogens (primary N) is 1. The summed E-state index contributed by atoms with van der Waals surface area (Å²) in [5, 5.41) is 4.67. The maximum atomic E-state index is 13.1. The average Bonchev–Trinajstić information content (AvgIpc) is 3.12. The van der Waals surface area contributed by atoms with Crippen molar-refractivity contribution in [3.05, 3.63) is 47.8 Å². The molecule has 2 N–H and O–H groups in total. The van der Waals surface area contributed by atoms with Gasteiger partial charge < -0.3 is 10.6 Å². The summed E-state index contributed by atoms with van der Waals surface area (Å²) in [6.07, 6.45) is 4.67. The number of nitrogens with zero attached hydrogens (tertiary/aromatic N) is 3. The van der Waals surface area contributed by atoms with Crippen molar-refractivity contribution in [1.82, 2.24) is 9.78 Å². The summed E-state index contributed by atoms with van der Waals surface area (Å²) >= 11 is 5.28. The van der Waals surface area contributed by atoms with Crippen molar-refractivity contribution in [3.8, 4) is 0 Å². The first kappa shape index (κ1) is 18.2. The molecule has 1 saturated heterocycles. The summed E-state index contributed by atoms with van der Waals surface area (Å²) in [7, 11) is 0. The minimum Gasteiger partial charge on any atom is -0.393 e. The molecule has 1 unspecified atom stereocenters. The number of rotatable bonds is 4. The SMILES string of the molecule is CC(C)(C)c1ccn(C2CCN(c3cccc(C4(C(N)=S)CC4)c3)C2=O)n1. The molecule has 2 heterocycles. The Labute approximate surface area is 165 Å². The van der Waals surface area contributed by atoms with Crippen molar-refractivity contribution < 1.29 is 4.79 Å². The van der Waals surface area contributed by atoms with Gasteiger partial charge in [0.1, 0.15) is 6.04 Å². The molecule has 6 heteroatoms. The molecule has 1 aromatic carbocycles. The van der Waals surface area contributed by atoms with Gasteiger partial charge in [0.15, 0.2) is 0 Å². The highest BCUT2D eigenvalue weighted by molar-refractivity contribution is 7.80. The quantitative estimate of drug-likeness (QED) is 0.823. The van der Waals surface area contributed by atoms with Crippen LogP contribution in [-0.4, -0.2) is 27.2 Å². The first-order valence-corrected chi connectivity index (χ1v) is 9.91. The molecule has 1 atom stereocenters. The Morgan fingerprint density at radius 1 is 1.30 bits per heavy atom. The fourth-order valence-corrected chi connectivity index (χ4v) is 4.17. The van der Waals surface area contributed by atoms with Crippen molar-refractivity contribution in [3.63, 3.8) is 0 Å². The number of hydrogen-bond donors (Lipinski definition) is 1. The molecule has 2 fully saturated rings. The van der Waals surface area contributed by atoms with E-state index in [1.807, 2.05) is 34.0 Å². The van der Waals surface area contributed by atoms with E-state index in [2.05, 4.69) is 38.0 Å². The minimum absolute atomic E-state index is 0.0276. The van der Waals surface area contributed by atoms with E-state index in [9.17, 15) is 4.79 Å². The molecular weight excluding hydrogens is 356 g/mol. The van der Waals surface area contributed by atoms with Crippen LogP contribution < -0.4 is 10.6 Å². The summed E-state index contributed by atoms with van der Waals surface area (Å²) in [5.74, 6) is 0.0934. The molecular formula is C21H26N4OS. The Hall–Kier alpha value is -2.21. The van der Waals surface area contributed by atoms with Gasteiger partial charge in [-0.1, -0.05) is 45.1 Å². The third-order valence-corrected chi connectivity index (χ3v) is 6.20. The summed E-state index contributed by atoms with van der Waals surface area (Å²) in [5.41, 5.74) is 8.82. The predicted octanol–water partition coefficient (Wildman–Crippen LogP) is 3.48. The lowest BCUT2D eigenvalue weighted by Crippen LogP contribution is -2.30. The van der Waals surface area contributed by atoms with Crippen LogP contribution in [0.4, 0.5) is 5.69 Å². The number of aromatic nitrogens is 2. The van der Waals surface area contributed by atoms with E-state index in [1.165, 1.54) is 0 Å². The average molecular weight is 383 g/mol. The lowest BCUT2D eigenvalue weighted by Gasteiger charge is -2.20. The van der Waals surface area contributed by atoms with Gasteiger partial charge in [0, 0.05) is 29.3 Å². The molecule has 1 aliphatic carbocycles. The third-order valence-electron chi connectivity index (χ3n) is 5.81. The number of anilines is 1. The molecule has 2 aliphatic rings. The first-order chi connectivity index (χ1) is 12.7. The minimum atomic E-state index is -0.241. The maximum Gasteiger partial charge on any atom is 0.251 e. The van der Waals surface area contributed by atoms with Gasteiger partial charge in [0.05, 0.1) is 10.7 Å². The molecule has 1 aliphatic heterocycles. The van der Waals surface area contributed by atoms with E-state index in [4.69, 9.17) is 18.0 Å². The van der Waals surface area contributed by atoms with Crippen LogP contribution in [0.5, 0.6) is 0 Å². The van der Waals surface area contributed by atoms with Gasteiger partial charge in [0.2, 0.25) is 0 Å². The van der Waals surface area contributed by atoms with Crippen LogP contribution in [-0.2, 0) is 15.6 Å². The van der Waals surface area contributed by atoms with Crippen molar-refractivity contribution in [2.24, 2.45) is 5.73 Å². The van der Waals surface area contributed by atoms with E-state index in [1.54, 1.807) is 0 Å². The monoisotopic (exact) mass is 382 g/mol. The van der Waals surface area contributed by atoms with E-state index in [0.717, 1.165) is 36.2 Å². The Morgan fingerprint density at radius 2 is 2.04 bits per heavy atom. The maximum absolute atomic E-state index is 13.1. The Morgan fingerprint density at radius 3 is 2.63 bits per heavy atom. The number of amides is 1. The highest BCUT2D eigenvalue weighted by Gasteiger charge is 2.47. The highest BCUT2D eigenvalue weighted by atomic mass is 32.1. The lowest BCUT2D eigenvalue weighted by molar-refractivity contribution is -0.120. The number of thiocarbonyl (C=S) groups is 1. The zero-order valence-corrected chi connectivity index (χ0v) is 16.9. The van der Waals surface area contributed by atoms with Crippen LogP contribution in [0.2, 0.25) is 0 Å². The third kappa shape index (κ3) is 3.06. The van der Waals surface area contributed by atoms with Gasteiger partial charge in [-0.05, 0) is 43.0 Å². The number of benzene rings is 1. The standard InChI is InChI=1S/C21H26N4OS/c1-20(2,3)17-8-12-25(23-17)16-7-11-24(18(16)26)15-6-4-5-14(13-15)21(9-10-21)19(22)27/h4-6,8,12-13,16H,7,9-11H2,1-3H3,(H2,22,27). The zero-order chi connectivity index (χ0) is 19.4. The lowest BCUT2D eigenvalue weighted by atomic mass is 9.93. The molecule has 1 amide bonds. The molecule has 0 bridgehead atoms. The molecule has 5 nitrogen and oxygen atoms in total. The van der Waals surface area contributed by atoms with Crippen molar-refractivity contribution in [1.29, 1.82) is 0 Å². The van der Waals surface area contributed by atoms with Crippen LogP contribution in [0.25, 0.3) is 0 Å². The second-order valence-electron chi connectivity index (χ2n) is 8.72. The highest BCUT2D eigenvalue weighted by Crippen LogP contribution is 2.49. The van der Waals surface area contributed by atoms with E-state index in [0.29, 0.717) is 11.5 Å². The molecule has 142 valence electrons. The predicted molar refractivity (Wildman–Crippen MR) is 111 cm³/mol. The Bertz CT molecular complexity index is 907. The number of hydrogen-bond acceptors (Lipinski definition) is 3. The fraction of sp³-hybridized carbons (Fsp3) is 0.476. The van der Waals surface area contributed by atoms with Gasteiger partial charge in [-0.2, -0.15) is 5.10 Å². The number of carbonyl (C=O) groups is 1. The molecule has 0 spiro atoms. The van der Waals surface area contributed by atoms with Crippen LogP contribution in [0.3, 0.4) is 0 Å². The Kier molecular flexibility index (Phi) is 4.14. The fourth-order valence-electron chi connectivity index (χ4n) is 3.85. The van der Waals surface area contributed by atoms with E-state index < -0.39 is 0 Å². The largest absolute Gasteiger partial charge is 0.393 e. The van der Waals surface area contributed by atoms with E-state index >= 15 is 0 Å². The Balaban J connectivity index is 1.58. The molecule has 1 aromatic heterocycles. The topological polar surface area (TPSA) is 64.2 Å². The molecule has 4 rings (SSSR count). The van der Waals surface area contributed by atoms with Crippen molar-refractivity contribution in [2.75, 3.05) is 11.4 Å². The van der Waals surface area contributed by atoms with Gasteiger partial charge in [-0.25, -0.2) is 0 Å². The molecule has 27 heavy (non-hydrogen) atoms. The molecule has 2 aromatic rings. The smallest absolute Gasteiger partial charge is 0.251 e. The first-order valence-electron chi connectivity index (χ1n) is 9.50. The molecule has 0 radical (unpaired) electrons. The summed E-state index contributed by atoms with van der Waals surface area (Å²) in [6, 6.07) is 9.90. The van der Waals surface area contributed by atoms with Gasteiger partial charge in [-0.3, -0.25) is 9.48 Å². The van der Waals surface area contributed by atoms with Crippen LogP contribution in [0.15, 0.2) is 36.5 Å². The summed E-state index contributed by atoms with van der Waals surface area (Å²) in [4.78, 5) is 15.5. The summed E-state index contributed by atoms with van der Waals surface area (Å²) in [6.45, 7) is 7.08. The van der Waals surface area contributed by atoms with Crippen LogP contribution in [0.1, 0.15) is 57.3 Å². The number of carbonyl (C=O) groups excluding carboxylic acids is 1. The van der Waals surface area contributed by atoms with Crippen LogP contribution in [0, 0.1) is 0 Å². The second-order valence-corrected chi connectivity index (χ2v) is 9.16. The van der Waals surface area contributed by atoms with Crippen molar-refractivity contribution in [2.45, 2.75) is 56.9 Å². The summed E-state index contributed by atoms with van der Waals surface area (Å²) < 4.78 is 1.82. The van der Waals surface area contributed by atoms with Gasteiger partial charge in [-0.15, -0.1) is 0 Å². The van der Waals surface area contributed by atoms with Crippen LogP contribution >= 0.6 is 12.2 Å².